The number of anilines is 1. The number of hydrogen-bond acceptors (Lipinski definition) is 5. The molecule has 6 heteroatoms. The third-order valence-electron chi connectivity index (χ3n) is 5.30. The van der Waals surface area contributed by atoms with Crippen molar-refractivity contribution in [2.24, 2.45) is 5.73 Å². The maximum atomic E-state index is 11.4. The number of carbonyl (C=O) groups excluding carboxylic acids is 1. The van der Waals surface area contributed by atoms with Crippen LogP contribution in [0.5, 0.6) is 0 Å². The standard InChI is InChI=1S/C21H24N4OS/c1-15-14-16(6-7-17(15)20(22)26)8-9-24-10-12-25(13-11-24)21-18-4-2-3-5-19(18)27-23-21/h2-7,14H,8-13H2,1H3,(H2,22,26). The SMILES string of the molecule is Cc1cc(CCN2CCN(c3nsc4ccccc34)CC2)ccc1C(N)=O. The molecule has 1 aliphatic heterocycles. The van der Waals surface area contributed by atoms with Gasteiger partial charge < -0.3 is 10.6 Å². The molecule has 1 aliphatic rings. The van der Waals surface area contributed by atoms with E-state index >= 15 is 0 Å². The Kier molecular flexibility index (Phi) is 5.09. The molecule has 140 valence electrons. The van der Waals surface area contributed by atoms with E-state index in [2.05, 4.69) is 44.5 Å². The number of benzene rings is 2. The Labute approximate surface area is 163 Å². The Morgan fingerprint density at radius 3 is 2.67 bits per heavy atom. The van der Waals surface area contributed by atoms with Crippen LogP contribution in [-0.4, -0.2) is 47.9 Å². The molecule has 5 nitrogen and oxygen atoms in total. The summed E-state index contributed by atoms with van der Waals surface area (Å²) in [5, 5.41) is 1.26. The van der Waals surface area contributed by atoms with Crippen molar-refractivity contribution >= 4 is 33.3 Å². The highest BCUT2D eigenvalue weighted by Crippen LogP contribution is 2.29. The van der Waals surface area contributed by atoms with Gasteiger partial charge in [-0.25, -0.2) is 0 Å². The summed E-state index contributed by atoms with van der Waals surface area (Å²) in [7, 11) is 0. The highest BCUT2D eigenvalue weighted by Gasteiger charge is 2.20. The van der Waals surface area contributed by atoms with Crippen LogP contribution < -0.4 is 10.6 Å². The van der Waals surface area contributed by atoms with E-state index in [0.717, 1.165) is 50.5 Å². The molecule has 0 spiro atoms. The van der Waals surface area contributed by atoms with Crippen molar-refractivity contribution in [1.29, 1.82) is 0 Å². The number of primary amides is 1. The van der Waals surface area contributed by atoms with Crippen LogP contribution >= 0.6 is 11.5 Å². The van der Waals surface area contributed by atoms with Crippen LogP contribution in [0.15, 0.2) is 42.5 Å². The lowest BCUT2D eigenvalue weighted by molar-refractivity contribution is 0.0999. The zero-order valence-electron chi connectivity index (χ0n) is 15.5. The number of hydrogen-bond donors (Lipinski definition) is 1. The molecule has 0 atom stereocenters. The summed E-state index contributed by atoms with van der Waals surface area (Å²) in [6.07, 6.45) is 0.986. The zero-order chi connectivity index (χ0) is 18.8. The molecule has 0 unspecified atom stereocenters. The summed E-state index contributed by atoms with van der Waals surface area (Å²) < 4.78 is 5.94. The number of piperazine rings is 1. The van der Waals surface area contributed by atoms with Gasteiger partial charge in [-0.15, -0.1) is 0 Å². The Hall–Kier alpha value is -2.44. The van der Waals surface area contributed by atoms with Crippen LogP contribution in [0, 0.1) is 6.92 Å². The quantitative estimate of drug-likeness (QED) is 0.739. The smallest absolute Gasteiger partial charge is 0.248 e. The van der Waals surface area contributed by atoms with E-state index in [1.807, 2.05) is 19.1 Å². The highest BCUT2D eigenvalue weighted by atomic mass is 32.1. The van der Waals surface area contributed by atoms with Gasteiger partial charge in [0.1, 0.15) is 5.82 Å². The normalized spacial score (nSPS) is 15.4. The molecule has 0 aliphatic carbocycles. The van der Waals surface area contributed by atoms with Gasteiger partial charge >= 0.3 is 0 Å². The zero-order valence-corrected chi connectivity index (χ0v) is 16.3. The van der Waals surface area contributed by atoms with Crippen LogP contribution in [-0.2, 0) is 6.42 Å². The average molecular weight is 381 g/mol. The largest absolute Gasteiger partial charge is 0.366 e. The minimum absolute atomic E-state index is 0.357. The summed E-state index contributed by atoms with van der Waals surface area (Å²) in [6.45, 7) is 7.08. The summed E-state index contributed by atoms with van der Waals surface area (Å²) in [6, 6.07) is 14.4. The van der Waals surface area contributed by atoms with Gasteiger partial charge in [0.2, 0.25) is 5.91 Å². The molecule has 0 bridgehead atoms. The first kappa shape index (κ1) is 17.9. The summed E-state index contributed by atoms with van der Waals surface area (Å²) >= 11 is 1.58. The molecule has 2 N–H and O–H groups in total. The van der Waals surface area contributed by atoms with E-state index in [4.69, 9.17) is 5.73 Å². The number of amides is 1. The molecular weight excluding hydrogens is 356 g/mol. The molecule has 0 radical (unpaired) electrons. The lowest BCUT2D eigenvalue weighted by Gasteiger charge is -2.35. The van der Waals surface area contributed by atoms with Crippen LogP contribution in [0.3, 0.4) is 0 Å². The summed E-state index contributed by atoms with van der Waals surface area (Å²) in [4.78, 5) is 16.3. The molecule has 3 aromatic rings. The molecule has 1 saturated heterocycles. The van der Waals surface area contributed by atoms with Crippen molar-refractivity contribution < 1.29 is 4.79 Å². The highest BCUT2D eigenvalue weighted by molar-refractivity contribution is 7.13. The Morgan fingerprint density at radius 2 is 1.93 bits per heavy atom. The molecule has 2 aromatic carbocycles. The predicted octanol–water partition coefficient (Wildman–Crippen LogP) is 3.07. The molecule has 27 heavy (non-hydrogen) atoms. The molecule has 1 aromatic heterocycles. The van der Waals surface area contributed by atoms with E-state index in [0.29, 0.717) is 5.56 Å². The van der Waals surface area contributed by atoms with E-state index in [-0.39, 0.29) is 5.91 Å². The minimum Gasteiger partial charge on any atom is -0.366 e. The van der Waals surface area contributed by atoms with E-state index < -0.39 is 0 Å². The molecule has 0 saturated carbocycles. The lowest BCUT2D eigenvalue weighted by Crippen LogP contribution is -2.47. The summed E-state index contributed by atoms with van der Waals surface area (Å²) in [5.41, 5.74) is 8.21. The van der Waals surface area contributed by atoms with Crippen LogP contribution in [0.1, 0.15) is 21.5 Å². The van der Waals surface area contributed by atoms with Crippen molar-refractivity contribution in [2.75, 3.05) is 37.6 Å². The number of fused-ring (bicyclic) bond motifs is 1. The fourth-order valence-electron chi connectivity index (χ4n) is 3.73. The maximum absolute atomic E-state index is 11.4. The van der Waals surface area contributed by atoms with Gasteiger partial charge in [-0.3, -0.25) is 9.69 Å². The second kappa shape index (κ2) is 7.66. The number of carbonyl (C=O) groups is 1. The predicted molar refractivity (Wildman–Crippen MR) is 112 cm³/mol. The monoisotopic (exact) mass is 380 g/mol. The van der Waals surface area contributed by atoms with Crippen molar-refractivity contribution in [2.45, 2.75) is 13.3 Å². The van der Waals surface area contributed by atoms with E-state index in [1.54, 1.807) is 11.5 Å². The van der Waals surface area contributed by atoms with Gasteiger partial charge in [0.05, 0.1) is 4.70 Å². The molecule has 1 amide bonds. The van der Waals surface area contributed by atoms with Gasteiger partial charge in [-0.1, -0.05) is 24.3 Å². The molecular formula is C21H24N4OS. The fraction of sp³-hybridized carbons (Fsp3) is 0.333. The second-order valence-electron chi connectivity index (χ2n) is 7.09. The second-order valence-corrected chi connectivity index (χ2v) is 7.90. The number of rotatable bonds is 5. The third-order valence-corrected chi connectivity index (χ3v) is 6.12. The number of nitrogens with zero attached hydrogens (tertiary/aromatic N) is 3. The van der Waals surface area contributed by atoms with Crippen molar-refractivity contribution in [1.82, 2.24) is 9.27 Å². The fourth-order valence-corrected chi connectivity index (χ4v) is 4.52. The molecule has 2 heterocycles. The topological polar surface area (TPSA) is 62.5 Å². The number of aryl methyl sites for hydroxylation is 1. The van der Waals surface area contributed by atoms with Crippen LogP contribution in [0.25, 0.3) is 10.1 Å². The maximum Gasteiger partial charge on any atom is 0.248 e. The Bertz CT molecular complexity index is 960. The van der Waals surface area contributed by atoms with Crippen LogP contribution in [0.4, 0.5) is 5.82 Å². The van der Waals surface area contributed by atoms with Gasteiger partial charge in [0.25, 0.3) is 0 Å². The Balaban J connectivity index is 1.33. The van der Waals surface area contributed by atoms with Gasteiger partial charge in [0, 0.05) is 43.7 Å². The van der Waals surface area contributed by atoms with Crippen molar-refractivity contribution in [3.05, 3.63) is 59.2 Å². The Morgan fingerprint density at radius 1 is 1.15 bits per heavy atom. The van der Waals surface area contributed by atoms with E-state index in [1.165, 1.54) is 15.6 Å². The number of aromatic nitrogens is 1. The average Bonchev–Trinajstić information content (AvgIpc) is 3.11. The summed E-state index contributed by atoms with van der Waals surface area (Å²) in [5.74, 6) is 0.776. The van der Waals surface area contributed by atoms with E-state index in [9.17, 15) is 4.79 Å². The van der Waals surface area contributed by atoms with Gasteiger partial charge in [-0.05, 0) is 54.2 Å². The first-order valence-corrected chi connectivity index (χ1v) is 10.1. The van der Waals surface area contributed by atoms with Gasteiger partial charge in [-0.2, -0.15) is 4.37 Å². The molecule has 4 rings (SSSR count). The van der Waals surface area contributed by atoms with Crippen molar-refractivity contribution in [3.8, 4) is 0 Å². The third kappa shape index (κ3) is 3.82. The first-order valence-electron chi connectivity index (χ1n) is 9.33. The minimum atomic E-state index is -0.357. The first-order chi connectivity index (χ1) is 13.1. The number of nitrogens with two attached hydrogens (primary N) is 1. The molecule has 1 fully saturated rings. The van der Waals surface area contributed by atoms with Crippen molar-refractivity contribution in [3.63, 3.8) is 0 Å². The van der Waals surface area contributed by atoms with Gasteiger partial charge in [0.15, 0.2) is 0 Å². The lowest BCUT2D eigenvalue weighted by atomic mass is 10.0. The van der Waals surface area contributed by atoms with Crippen LogP contribution in [0.2, 0.25) is 0 Å².